The van der Waals surface area contributed by atoms with Gasteiger partial charge in [-0.1, -0.05) is 12.8 Å². The molecule has 2 atom stereocenters. The number of hydrogen-bond acceptors (Lipinski definition) is 2. The van der Waals surface area contributed by atoms with E-state index in [1.807, 2.05) is 7.05 Å². The van der Waals surface area contributed by atoms with Crippen LogP contribution in [0.15, 0.2) is 0 Å². The van der Waals surface area contributed by atoms with Crippen molar-refractivity contribution in [1.82, 2.24) is 5.32 Å². The lowest BCUT2D eigenvalue weighted by Gasteiger charge is -2.30. The molecule has 3 heteroatoms. The monoisotopic (exact) mass is 155 g/mol. The van der Waals surface area contributed by atoms with Gasteiger partial charge in [0.1, 0.15) is 0 Å². The van der Waals surface area contributed by atoms with E-state index in [0.29, 0.717) is 11.9 Å². The van der Waals surface area contributed by atoms with E-state index in [1.165, 1.54) is 19.3 Å². The number of hydrogen-bond donors (Lipinski definition) is 3. The number of rotatable bonds is 2. The number of nitrogens with two attached hydrogens (primary N) is 1. The third-order valence-corrected chi connectivity index (χ3v) is 2.54. The largest absolute Gasteiger partial charge is 0.387 e. The zero-order valence-electron chi connectivity index (χ0n) is 7.06. The predicted molar refractivity (Wildman–Crippen MR) is 46.7 cm³/mol. The highest BCUT2D eigenvalue weighted by atomic mass is 14.9. The second-order valence-corrected chi connectivity index (χ2v) is 3.24. The zero-order valence-corrected chi connectivity index (χ0v) is 7.06. The van der Waals surface area contributed by atoms with Crippen LogP contribution in [0.4, 0.5) is 0 Å². The Labute approximate surface area is 67.9 Å². The molecule has 11 heavy (non-hydrogen) atoms. The van der Waals surface area contributed by atoms with Gasteiger partial charge in [-0.15, -0.1) is 0 Å². The Kier molecular flexibility index (Phi) is 2.88. The molecule has 0 aromatic carbocycles. The molecule has 0 radical (unpaired) electrons. The Hall–Kier alpha value is -0.570. The third-order valence-electron chi connectivity index (χ3n) is 2.54. The van der Waals surface area contributed by atoms with Crippen molar-refractivity contribution >= 4 is 5.84 Å². The standard InChI is InChI=1S/C8H17N3/c1-11-7-5-3-2-4-6(7)8(9)10/h6-7,11H,2-5H2,1H3,(H3,9,10). The van der Waals surface area contributed by atoms with Gasteiger partial charge in [-0.05, 0) is 19.9 Å². The zero-order chi connectivity index (χ0) is 8.27. The molecule has 0 aliphatic heterocycles. The molecule has 1 rings (SSSR count). The van der Waals surface area contributed by atoms with E-state index in [0.717, 1.165) is 6.42 Å². The molecule has 0 amide bonds. The van der Waals surface area contributed by atoms with E-state index < -0.39 is 0 Å². The number of nitrogens with one attached hydrogen (secondary N) is 2. The summed E-state index contributed by atoms with van der Waals surface area (Å²) >= 11 is 0. The summed E-state index contributed by atoms with van der Waals surface area (Å²) in [7, 11) is 1.95. The van der Waals surface area contributed by atoms with Crippen molar-refractivity contribution in [3.05, 3.63) is 0 Å². The Morgan fingerprint density at radius 1 is 1.45 bits per heavy atom. The van der Waals surface area contributed by atoms with E-state index >= 15 is 0 Å². The highest BCUT2D eigenvalue weighted by molar-refractivity contribution is 5.80. The van der Waals surface area contributed by atoms with Crippen molar-refractivity contribution in [2.24, 2.45) is 11.7 Å². The van der Waals surface area contributed by atoms with Crippen LogP contribution in [0.2, 0.25) is 0 Å². The minimum atomic E-state index is 0.286. The van der Waals surface area contributed by atoms with Crippen molar-refractivity contribution in [3.63, 3.8) is 0 Å². The van der Waals surface area contributed by atoms with Gasteiger partial charge in [-0.3, -0.25) is 5.41 Å². The molecule has 0 aromatic rings. The lowest BCUT2D eigenvalue weighted by molar-refractivity contribution is 0.336. The fourth-order valence-corrected chi connectivity index (χ4v) is 1.85. The summed E-state index contributed by atoms with van der Waals surface area (Å²) in [5.41, 5.74) is 5.48. The van der Waals surface area contributed by atoms with Gasteiger partial charge in [-0.25, -0.2) is 0 Å². The Morgan fingerprint density at radius 3 is 2.55 bits per heavy atom. The van der Waals surface area contributed by atoms with E-state index in [2.05, 4.69) is 5.32 Å². The van der Waals surface area contributed by atoms with Crippen molar-refractivity contribution in [3.8, 4) is 0 Å². The summed E-state index contributed by atoms with van der Waals surface area (Å²) < 4.78 is 0. The predicted octanol–water partition coefficient (Wildman–Crippen LogP) is 0.701. The van der Waals surface area contributed by atoms with E-state index in [9.17, 15) is 0 Å². The van der Waals surface area contributed by atoms with Crippen LogP contribution in [-0.2, 0) is 0 Å². The van der Waals surface area contributed by atoms with Crippen LogP contribution in [-0.4, -0.2) is 18.9 Å². The quantitative estimate of drug-likeness (QED) is 0.406. The van der Waals surface area contributed by atoms with Crippen molar-refractivity contribution in [1.29, 1.82) is 5.41 Å². The second-order valence-electron chi connectivity index (χ2n) is 3.24. The fraction of sp³-hybridized carbons (Fsp3) is 0.875. The summed E-state index contributed by atoms with van der Waals surface area (Å²) in [4.78, 5) is 0. The summed E-state index contributed by atoms with van der Waals surface area (Å²) in [5, 5.41) is 10.6. The first-order chi connectivity index (χ1) is 5.25. The smallest absolute Gasteiger partial charge is 0.0952 e. The minimum absolute atomic E-state index is 0.286. The molecule has 3 nitrogen and oxygen atoms in total. The van der Waals surface area contributed by atoms with Crippen LogP contribution >= 0.6 is 0 Å². The fourth-order valence-electron chi connectivity index (χ4n) is 1.85. The average molecular weight is 155 g/mol. The summed E-state index contributed by atoms with van der Waals surface area (Å²) in [6.07, 6.45) is 4.75. The van der Waals surface area contributed by atoms with Crippen LogP contribution < -0.4 is 11.1 Å². The average Bonchev–Trinajstić information content (AvgIpc) is 2.04. The van der Waals surface area contributed by atoms with Gasteiger partial charge in [0.2, 0.25) is 0 Å². The maximum atomic E-state index is 7.36. The van der Waals surface area contributed by atoms with Gasteiger partial charge < -0.3 is 11.1 Å². The Morgan fingerprint density at radius 2 is 2.09 bits per heavy atom. The molecular weight excluding hydrogens is 138 g/mol. The highest BCUT2D eigenvalue weighted by Crippen LogP contribution is 2.23. The molecule has 0 bridgehead atoms. The van der Waals surface area contributed by atoms with E-state index in [1.54, 1.807) is 0 Å². The summed E-state index contributed by atoms with van der Waals surface area (Å²) in [6, 6.07) is 0.446. The summed E-state index contributed by atoms with van der Waals surface area (Å²) in [5.74, 6) is 0.637. The first-order valence-electron chi connectivity index (χ1n) is 4.27. The molecule has 0 spiro atoms. The Balaban J connectivity index is 2.51. The maximum absolute atomic E-state index is 7.36. The van der Waals surface area contributed by atoms with Gasteiger partial charge in [-0.2, -0.15) is 0 Å². The molecule has 0 saturated heterocycles. The van der Waals surface area contributed by atoms with Crippen LogP contribution in [0.25, 0.3) is 0 Å². The van der Waals surface area contributed by atoms with E-state index in [-0.39, 0.29) is 5.92 Å². The van der Waals surface area contributed by atoms with Gasteiger partial charge in [0.05, 0.1) is 5.84 Å². The normalized spacial score (nSPS) is 31.7. The van der Waals surface area contributed by atoms with Crippen LogP contribution in [0.3, 0.4) is 0 Å². The lowest BCUT2D eigenvalue weighted by atomic mass is 9.84. The molecule has 1 fully saturated rings. The van der Waals surface area contributed by atoms with Crippen molar-refractivity contribution < 1.29 is 0 Å². The molecule has 0 heterocycles. The molecule has 4 N–H and O–H groups in total. The lowest BCUT2D eigenvalue weighted by Crippen LogP contribution is -2.42. The second kappa shape index (κ2) is 3.72. The SMILES string of the molecule is CNC1CCCCC1C(=N)N. The van der Waals surface area contributed by atoms with Crippen LogP contribution in [0, 0.1) is 11.3 Å². The van der Waals surface area contributed by atoms with E-state index in [4.69, 9.17) is 11.1 Å². The highest BCUT2D eigenvalue weighted by Gasteiger charge is 2.25. The third kappa shape index (κ3) is 1.93. The molecule has 1 aliphatic rings. The molecule has 1 saturated carbocycles. The molecule has 64 valence electrons. The summed E-state index contributed by atoms with van der Waals surface area (Å²) in [6.45, 7) is 0. The van der Waals surface area contributed by atoms with Gasteiger partial charge in [0, 0.05) is 12.0 Å². The topological polar surface area (TPSA) is 61.9 Å². The number of amidine groups is 1. The first kappa shape index (κ1) is 8.53. The molecule has 1 aliphatic carbocycles. The first-order valence-corrected chi connectivity index (χ1v) is 4.27. The minimum Gasteiger partial charge on any atom is -0.387 e. The molecular formula is C8H17N3. The van der Waals surface area contributed by atoms with Crippen LogP contribution in [0.5, 0.6) is 0 Å². The Bertz CT molecular complexity index is 144. The van der Waals surface area contributed by atoms with Gasteiger partial charge >= 0.3 is 0 Å². The van der Waals surface area contributed by atoms with Gasteiger partial charge in [0.25, 0.3) is 0 Å². The van der Waals surface area contributed by atoms with Crippen molar-refractivity contribution in [2.75, 3.05) is 7.05 Å². The maximum Gasteiger partial charge on any atom is 0.0952 e. The molecule has 0 aromatic heterocycles. The van der Waals surface area contributed by atoms with Crippen molar-refractivity contribution in [2.45, 2.75) is 31.7 Å². The molecule has 2 unspecified atom stereocenters. The van der Waals surface area contributed by atoms with Crippen LogP contribution in [0.1, 0.15) is 25.7 Å². The van der Waals surface area contributed by atoms with Gasteiger partial charge in [0.15, 0.2) is 0 Å².